The molecule has 1 aromatic carbocycles. The fourth-order valence-electron chi connectivity index (χ4n) is 2.01. The molecule has 3 N–H and O–H groups in total. The zero-order valence-electron chi connectivity index (χ0n) is 12.0. The smallest absolute Gasteiger partial charge is 0.266 e. The molecule has 0 bridgehead atoms. The Labute approximate surface area is 128 Å². The molecule has 6 heteroatoms. The molecule has 0 fully saturated rings. The summed E-state index contributed by atoms with van der Waals surface area (Å²) in [6.07, 6.45) is 2.49. The van der Waals surface area contributed by atoms with E-state index in [4.69, 9.17) is 5.73 Å². The lowest BCUT2D eigenvalue weighted by atomic mass is 10.1. The normalized spacial score (nSPS) is 17.7. The maximum absolute atomic E-state index is 11.6. The largest absolute Gasteiger partial charge is 0.378 e. The van der Waals surface area contributed by atoms with Gasteiger partial charge in [-0.1, -0.05) is 49.4 Å². The van der Waals surface area contributed by atoms with Gasteiger partial charge in [0.15, 0.2) is 5.17 Å². The van der Waals surface area contributed by atoms with Gasteiger partial charge in [-0.05, 0) is 17.5 Å². The van der Waals surface area contributed by atoms with Gasteiger partial charge < -0.3 is 11.1 Å². The maximum atomic E-state index is 11.6. The van der Waals surface area contributed by atoms with Crippen LogP contribution in [0.1, 0.15) is 42.6 Å². The van der Waals surface area contributed by atoms with Crippen LogP contribution >= 0.6 is 11.8 Å². The molecule has 2 rings (SSSR count). The van der Waals surface area contributed by atoms with Gasteiger partial charge in [0.1, 0.15) is 5.25 Å². The molecule has 1 unspecified atom stereocenters. The highest BCUT2D eigenvalue weighted by Crippen LogP contribution is 2.34. The van der Waals surface area contributed by atoms with Gasteiger partial charge in [0.05, 0.1) is 0 Å². The van der Waals surface area contributed by atoms with E-state index in [1.165, 1.54) is 11.8 Å². The van der Waals surface area contributed by atoms with Gasteiger partial charge >= 0.3 is 0 Å². The van der Waals surface area contributed by atoms with Crippen LogP contribution in [0.5, 0.6) is 0 Å². The number of amidine groups is 1. The summed E-state index contributed by atoms with van der Waals surface area (Å²) in [5.74, 6) is -0.137. The predicted molar refractivity (Wildman–Crippen MR) is 84.8 cm³/mol. The van der Waals surface area contributed by atoms with Crippen molar-refractivity contribution < 1.29 is 9.59 Å². The summed E-state index contributed by atoms with van der Waals surface area (Å²) in [6.45, 7) is 2.57. The van der Waals surface area contributed by atoms with Crippen LogP contribution in [0, 0.1) is 0 Å². The third kappa shape index (κ3) is 4.32. The third-order valence-corrected chi connectivity index (χ3v) is 4.26. The van der Waals surface area contributed by atoms with Gasteiger partial charge in [0.2, 0.25) is 5.91 Å². The quantitative estimate of drug-likeness (QED) is 0.843. The first-order valence-electron chi connectivity index (χ1n) is 7.00. The third-order valence-electron chi connectivity index (χ3n) is 3.21. The average molecular weight is 305 g/mol. The van der Waals surface area contributed by atoms with Gasteiger partial charge in [-0.2, -0.15) is 4.99 Å². The van der Waals surface area contributed by atoms with E-state index in [1.54, 1.807) is 0 Å². The molecule has 1 aliphatic rings. The fourth-order valence-corrected chi connectivity index (χ4v) is 2.84. The summed E-state index contributed by atoms with van der Waals surface area (Å²) in [6, 6.07) is 7.60. The van der Waals surface area contributed by atoms with Crippen molar-refractivity contribution in [3.63, 3.8) is 0 Å². The molecule has 0 aromatic heterocycles. The molecular formula is C15H19N3O2S. The molecule has 0 saturated carbocycles. The molecule has 0 radical (unpaired) electrons. The summed E-state index contributed by atoms with van der Waals surface area (Å²) in [4.78, 5) is 26.9. The van der Waals surface area contributed by atoms with Crippen molar-refractivity contribution >= 4 is 28.7 Å². The molecule has 1 aromatic rings. The molecule has 0 aliphatic carbocycles. The number of carbonyl (C=O) groups excluding carboxylic acids is 2. The van der Waals surface area contributed by atoms with E-state index in [9.17, 15) is 9.59 Å². The highest BCUT2D eigenvalue weighted by Gasteiger charge is 2.28. The molecule has 2 amide bonds. The fraction of sp³-hybridized carbons (Fsp3) is 0.400. The molecule has 5 nitrogen and oxygen atoms in total. The van der Waals surface area contributed by atoms with Crippen molar-refractivity contribution in [2.75, 3.05) is 0 Å². The average Bonchev–Trinajstić information content (AvgIpc) is 2.82. The van der Waals surface area contributed by atoms with Crippen LogP contribution in [0.2, 0.25) is 0 Å². The minimum Gasteiger partial charge on any atom is -0.378 e. The lowest BCUT2D eigenvalue weighted by molar-refractivity contribution is -0.121. The Balaban J connectivity index is 1.88. The molecule has 0 saturated heterocycles. The van der Waals surface area contributed by atoms with E-state index in [0.29, 0.717) is 18.1 Å². The monoisotopic (exact) mass is 305 g/mol. The summed E-state index contributed by atoms with van der Waals surface area (Å²) in [5.41, 5.74) is 7.44. The van der Waals surface area contributed by atoms with Gasteiger partial charge in [-0.25, -0.2) is 0 Å². The van der Waals surface area contributed by atoms with E-state index in [0.717, 1.165) is 24.0 Å². The van der Waals surface area contributed by atoms with E-state index in [2.05, 4.69) is 17.2 Å². The Morgan fingerprint density at radius 3 is 2.67 bits per heavy atom. The molecule has 112 valence electrons. The number of unbranched alkanes of at least 4 members (excludes halogenated alkanes) is 1. The number of carbonyl (C=O) groups is 2. The second-order valence-electron chi connectivity index (χ2n) is 4.91. The molecule has 21 heavy (non-hydrogen) atoms. The van der Waals surface area contributed by atoms with Crippen LogP contribution in [0.15, 0.2) is 29.3 Å². The first kappa shape index (κ1) is 15.6. The van der Waals surface area contributed by atoms with Crippen molar-refractivity contribution in [2.24, 2.45) is 10.7 Å². The van der Waals surface area contributed by atoms with E-state index < -0.39 is 0 Å². The number of nitrogens with one attached hydrogen (secondary N) is 1. The van der Waals surface area contributed by atoms with Gasteiger partial charge in [0, 0.05) is 13.0 Å². The summed E-state index contributed by atoms with van der Waals surface area (Å²) in [5, 5.41) is 2.87. The van der Waals surface area contributed by atoms with E-state index >= 15 is 0 Å². The zero-order chi connectivity index (χ0) is 15.2. The number of amides is 2. The lowest BCUT2D eigenvalue weighted by Crippen LogP contribution is -2.22. The van der Waals surface area contributed by atoms with Crippen LogP contribution in [0.25, 0.3) is 0 Å². The van der Waals surface area contributed by atoms with Gasteiger partial charge in [0.25, 0.3) is 5.91 Å². The Bertz CT molecular complexity index is 555. The number of rotatable bonds is 6. The number of hydrogen-bond acceptors (Lipinski definition) is 4. The molecule has 1 heterocycles. The zero-order valence-corrected chi connectivity index (χ0v) is 12.8. The number of hydrogen-bond donors (Lipinski definition) is 2. The van der Waals surface area contributed by atoms with E-state index in [-0.39, 0.29) is 17.1 Å². The lowest BCUT2D eigenvalue weighted by Gasteiger charge is -2.09. The number of thioether (sulfide) groups is 1. The second-order valence-corrected chi connectivity index (χ2v) is 6.03. The molecule has 1 aliphatic heterocycles. The minimum atomic E-state index is -0.335. The highest BCUT2D eigenvalue weighted by atomic mass is 32.2. The van der Waals surface area contributed by atoms with Crippen LogP contribution < -0.4 is 11.1 Å². The van der Waals surface area contributed by atoms with Crippen LogP contribution in [-0.4, -0.2) is 17.0 Å². The Kier molecular flexibility index (Phi) is 5.38. The van der Waals surface area contributed by atoms with Crippen molar-refractivity contribution in [1.29, 1.82) is 0 Å². The number of nitrogens with zero attached hydrogens (tertiary/aromatic N) is 1. The Morgan fingerprint density at radius 2 is 2.10 bits per heavy atom. The van der Waals surface area contributed by atoms with Crippen molar-refractivity contribution in [1.82, 2.24) is 5.32 Å². The highest BCUT2D eigenvalue weighted by molar-refractivity contribution is 8.15. The standard InChI is InChI=1S/C15H19N3O2S/c1-2-3-4-12(19)17-9-10-5-7-11(8-6-10)13-14(20)18-15(16)21-13/h5-8,13H,2-4,9H2,1H3,(H,17,19)(H2,16,18,20). The van der Waals surface area contributed by atoms with Crippen molar-refractivity contribution in [3.8, 4) is 0 Å². The van der Waals surface area contributed by atoms with Crippen LogP contribution in [-0.2, 0) is 16.1 Å². The Morgan fingerprint density at radius 1 is 1.38 bits per heavy atom. The number of benzene rings is 1. The van der Waals surface area contributed by atoms with E-state index in [1.807, 2.05) is 24.3 Å². The second kappa shape index (κ2) is 7.26. The minimum absolute atomic E-state index is 0.0728. The topological polar surface area (TPSA) is 84.6 Å². The molecular weight excluding hydrogens is 286 g/mol. The predicted octanol–water partition coefficient (Wildman–Crippen LogP) is 2.12. The first-order valence-corrected chi connectivity index (χ1v) is 7.88. The summed E-state index contributed by atoms with van der Waals surface area (Å²) in [7, 11) is 0. The summed E-state index contributed by atoms with van der Waals surface area (Å²) < 4.78 is 0. The van der Waals surface area contributed by atoms with Crippen LogP contribution in [0.3, 0.4) is 0 Å². The Hall–Kier alpha value is -1.82. The number of aliphatic imine (C=N–C) groups is 1. The maximum Gasteiger partial charge on any atom is 0.266 e. The number of nitrogens with two attached hydrogens (primary N) is 1. The first-order chi connectivity index (χ1) is 10.1. The van der Waals surface area contributed by atoms with Crippen molar-refractivity contribution in [3.05, 3.63) is 35.4 Å². The summed E-state index contributed by atoms with van der Waals surface area (Å²) >= 11 is 1.27. The van der Waals surface area contributed by atoms with Gasteiger partial charge in [-0.3, -0.25) is 9.59 Å². The van der Waals surface area contributed by atoms with Crippen molar-refractivity contribution in [2.45, 2.75) is 38.0 Å². The van der Waals surface area contributed by atoms with Gasteiger partial charge in [-0.15, -0.1) is 0 Å². The van der Waals surface area contributed by atoms with Crippen LogP contribution in [0.4, 0.5) is 0 Å². The SMILES string of the molecule is CCCCC(=O)NCc1ccc(C2SC(N)=NC2=O)cc1. The molecule has 0 spiro atoms. The molecule has 1 atom stereocenters.